The molecular formula is C14H19N3O. The van der Waals surface area contributed by atoms with Crippen molar-refractivity contribution in [1.29, 1.82) is 0 Å². The SMILES string of the molecule is O[C@H](CCNCCn1cccn1)c1ccccc1. The number of aliphatic hydroxyl groups excluding tert-OH is 1. The molecule has 96 valence electrons. The van der Waals surface area contributed by atoms with Crippen molar-refractivity contribution in [2.24, 2.45) is 0 Å². The lowest BCUT2D eigenvalue weighted by atomic mass is 10.1. The van der Waals surface area contributed by atoms with E-state index in [1.165, 1.54) is 0 Å². The quantitative estimate of drug-likeness (QED) is 0.728. The Kier molecular flexibility index (Phi) is 4.93. The average molecular weight is 245 g/mol. The van der Waals surface area contributed by atoms with Crippen molar-refractivity contribution < 1.29 is 5.11 Å². The fourth-order valence-corrected chi connectivity index (χ4v) is 1.83. The van der Waals surface area contributed by atoms with E-state index in [1.807, 2.05) is 47.3 Å². The minimum absolute atomic E-state index is 0.386. The van der Waals surface area contributed by atoms with Gasteiger partial charge in [0.05, 0.1) is 12.6 Å². The molecule has 0 saturated heterocycles. The minimum Gasteiger partial charge on any atom is -0.388 e. The summed E-state index contributed by atoms with van der Waals surface area (Å²) in [5.74, 6) is 0. The summed E-state index contributed by atoms with van der Waals surface area (Å²) in [6.07, 6.45) is 4.06. The van der Waals surface area contributed by atoms with Crippen LogP contribution in [0.1, 0.15) is 18.1 Å². The zero-order valence-electron chi connectivity index (χ0n) is 10.4. The van der Waals surface area contributed by atoms with E-state index in [9.17, 15) is 5.11 Å². The van der Waals surface area contributed by atoms with Crippen molar-refractivity contribution in [1.82, 2.24) is 15.1 Å². The van der Waals surface area contributed by atoms with E-state index >= 15 is 0 Å². The van der Waals surface area contributed by atoms with Crippen molar-refractivity contribution in [2.75, 3.05) is 13.1 Å². The summed E-state index contributed by atoms with van der Waals surface area (Å²) in [7, 11) is 0. The van der Waals surface area contributed by atoms with Crippen molar-refractivity contribution in [3.8, 4) is 0 Å². The molecule has 0 bridgehead atoms. The molecule has 1 aromatic heterocycles. The monoisotopic (exact) mass is 245 g/mol. The molecule has 0 saturated carbocycles. The molecule has 0 aliphatic carbocycles. The van der Waals surface area contributed by atoms with E-state index in [-0.39, 0.29) is 6.10 Å². The van der Waals surface area contributed by atoms with Crippen LogP contribution in [0.3, 0.4) is 0 Å². The van der Waals surface area contributed by atoms with Gasteiger partial charge in [0.2, 0.25) is 0 Å². The molecule has 4 nitrogen and oxygen atoms in total. The smallest absolute Gasteiger partial charge is 0.0802 e. The minimum atomic E-state index is -0.386. The summed E-state index contributed by atoms with van der Waals surface area (Å²) < 4.78 is 1.89. The molecule has 2 N–H and O–H groups in total. The maximum atomic E-state index is 9.95. The van der Waals surface area contributed by atoms with Crippen LogP contribution in [0.2, 0.25) is 0 Å². The second-order valence-corrected chi connectivity index (χ2v) is 4.23. The number of benzene rings is 1. The van der Waals surface area contributed by atoms with Crippen LogP contribution in [0.15, 0.2) is 48.8 Å². The lowest BCUT2D eigenvalue weighted by molar-refractivity contribution is 0.167. The van der Waals surface area contributed by atoms with Gasteiger partial charge in [-0.2, -0.15) is 5.10 Å². The Morgan fingerprint density at radius 2 is 2.00 bits per heavy atom. The van der Waals surface area contributed by atoms with Gasteiger partial charge < -0.3 is 10.4 Å². The van der Waals surface area contributed by atoms with Gasteiger partial charge in [0.25, 0.3) is 0 Å². The van der Waals surface area contributed by atoms with Gasteiger partial charge in [0.15, 0.2) is 0 Å². The number of hydrogen-bond donors (Lipinski definition) is 2. The average Bonchev–Trinajstić information content (AvgIpc) is 2.92. The van der Waals surface area contributed by atoms with Crippen molar-refractivity contribution in [2.45, 2.75) is 19.1 Å². The molecule has 18 heavy (non-hydrogen) atoms. The predicted molar refractivity (Wildman–Crippen MR) is 71.1 cm³/mol. The number of rotatable bonds is 7. The van der Waals surface area contributed by atoms with E-state index in [2.05, 4.69) is 10.4 Å². The Balaban J connectivity index is 1.61. The first kappa shape index (κ1) is 12.8. The largest absolute Gasteiger partial charge is 0.388 e. The highest BCUT2D eigenvalue weighted by Gasteiger charge is 2.05. The van der Waals surface area contributed by atoms with Gasteiger partial charge in [-0.05, 0) is 24.6 Å². The van der Waals surface area contributed by atoms with Crippen LogP contribution in [-0.4, -0.2) is 28.0 Å². The van der Waals surface area contributed by atoms with Gasteiger partial charge in [-0.25, -0.2) is 0 Å². The van der Waals surface area contributed by atoms with Gasteiger partial charge in [-0.3, -0.25) is 4.68 Å². The number of hydrogen-bond acceptors (Lipinski definition) is 3. The third-order valence-electron chi connectivity index (χ3n) is 2.86. The fraction of sp³-hybridized carbons (Fsp3) is 0.357. The van der Waals surface area contributed by atoms with Gasteiger partial charge in [0, 0.05) is 18.9 Å². The molecule has 0 spiro atoms. The molecule has 0 aliphatic rings. The number of aromatic nitrogens is 2. The highest BCUT2D eigenvalue weighted by Crippen LogP contribution is 2.14. The molecule has 2 aromatic rings. The van der Waals surface area contributed by atoms with Crippen LogP contribution in [0.5, 0.6) is 0 Å². The first-order chi connectivity index (χ1) is 8.86. The van der Waals surface area contributed by atoms with E-state index in [0.717, 1.165) is 31.6 Å². The van der Waals surface area contributed by atoms with Gasteiger partial charge in [0.1, 0.15) is 0 Å². The summed E-state index contributed by atoms with van der Waals surface area (Å²) in [5.41, 5.74) is 0.978. The molecular weight excluding hydrogens is 226 g/mol. The van der Waals surface area contributed by atoms with Crippen LogP contribution >= 0.6 is 0 Å². The molecule has 1 aromatic carbocycles. The van der Waals surface area contributed by atoms with Crippen LogP contribution in [0, 0.1) is 0 Å². The second kappa shape index (κ2) is 6.93. The van der Waals surface area contributed by atoms with Crippen LogP contribution in [0.4, 0.5) is 0 Å². The second-order valence-electron chi connectivity index (χ2n) is 4.23. The number of aliphatic hydroxyl groups is 1. The van der Waals surface area contributed by atoms with E-state index < -0.39 is 0 Å². The van der Waals surface area contributed by atoms with E-state index in [0.29, 0.717) is 0 Å². The van der Waals surface area contributed by atoms with Gasteiger partial charge in [-0.15, -0.1) is 0 Å². The van der Waals surface area contributed by atoms with Crippen LogP contribution in [0.25, 0.3) is 0 Å². The Labute approximate surface area is 107 Å². The topological polar surface area (TPSA) is 50.1 Å². The Hall–Kier alpha value is -1.65. The maximum absolute atomic E-state index is 9.95. The summed E-state index contributed by atoms with van der Waals surface area (Å²) in [6.45, 7) is 2.52. The predicted octanol–water partition coefficient (Wildman–Crippen LogP) is 1.60. The van der Waals surface area contributed by atoms with Crippen LogP contribution < -0.4 is 5.32 Å². The first-order valence-electron chi connectivity index (χ1n) is 6.27. The normalized spacial score (nSPS) is 12.5. The third-order valence-corrected chi connectivity index (χ3v) is 2.86. The lowest BCUT2D eigenvalue weighted by Gasteiger charge is -2.11. The Morgan fingerprint density at radius 3 is 2.72 bits per heavy atom. The third kappa shape index (κ3) is 3.98. The molecule has 0 radical (unpaired) electrons. The first-order valence-corrected chi connectivity index (χ1v) is 6.27. The van der Waals surface area contributed by atoms with Crippen molar-refractivity contribution >= 4 is 0 Å². The highest BCUT2D eigenvalue weighted by molar-refractivity contribution is 5.17. The van der Waals surface area contributed by atoms with Crippen molar-refractivity contribution in [3.63, 3.8) is 0 Å². The molecule has 0 fully saturated rings. The van der Waals surface area contributed by atoms with Gasteiger partial charge in [-0.1, -0.05) is 30.3 Å². The van der Waals surface area contributed by atoms with E-state index in [4.69, 9.17) is 0 Å². The highest BCUT2D eigenvalue weighted by atomic mass is 16.3. The number of nitrogens with zero attached hydrogens (tertiary/aromatic N) is 2. The molecule has 0 aliphatic heterocycles. The molecule has 1 atom stereocenters. The zero-order valence-corrected chi connectivity index (χ0v) is 10.4. The standard InChI is InChI=1S/C14H19N3O/c18-14(13-5-2-1-3-6-13)7-9-15-10-12-17-11-4-8-16-17/h1-6,8,11,14-15,18H,7,9-10,12H2/t14-/m1/s1. The summed E-state index contributed by atoms with van der Waals surface area (Å²) in [6, 6.07) is 11.7. The fourth-order valence-electron chi connectivity index (χ4n) is 1.83. The molecule has 2 rings (SSSR count). The molecule has 0 amide bonds. The Morgan fingerprint density at radius 1 is 1.17 bits per heavy atom. The Bertz CT molecular complexity index is 428. The van der Waals surface area contributed by atoms with Gasteiger partial charge >= 0.3 is 0 Å². The lowest BCUT2D eigenvalue weighted by Crippen LogP contribution is -2.22. The summed E-state index contributed by atoms with van der Waals surface area (Å²) in [5, 5.41) is 17.4. The summed E-state index contributed by atoms with van der Waals surface area (Å²) in [4.78, 5) is 0. The summed E-state index contributed by atoms with van der Waals surface area (Å²) >= 11 is 0. The molecule has 0 unspecified atom stereocenters. The number of nitrogens with one attached hydrogen (secondary N) is 1. The molecule has 4 heteroatoms. The maximum Gasteiger partial charge on any atom is 0.0802 e. The van der Waals surface area contributed by atoms with E-state index in [1.54, 1.807) is 6.20 Å². The zero-order chi connectivity index (χ0) is 12.6. The van der Waals surface area contributed by atoms with Crippen molar-refractivity contribution in [3.05, 3.63) is 54.4 Å². The molecule has 1 heterocycles. The van der Waals surface area contributed by atoms with Crippen LogP contribution in [-0.2, 0) is 6.54 Å².